The molecule has 0 aliphatic rings. The lowest BCUT2D eigenvalue weighted by molar-refractivity contribution is -0.0991. The number of carbonyl (C=O) groups excluding carboxylic acids is 1. The van der Waals surface area contributed by atoms with E-state index in [1.165, 1.54) is 20.4 Å². The van der Waals surface area contributed by atoms with Crippen molar-refractivity contribution in [1.82, 2.24) is 4.98 Å². The molecular formula is C17H18BrNO6. The Bertz CT molecular complexity index is 787. The molecule has 0 saturated heterocycles. The first-order valence-electron chi connectivity index (χ1n) is 7.34. The Hall–Kier alpha value is -2.16. The molecule has 0 aliphatic carbocycles. The van der Waals surface area contributed by atoms with Gasteiger partial charge in [-0.3, -0.25) is 4.79 Å². The fourth-order valence-corrected chi connectivity index (χ4v) is 2.41. The summed E-state index contributed by atoms with van der Waals surface area (Å²) in [6.45, 7) is 0.0974. The molecular weight excluding hydrogens is 394 g/mol. The van der Waals surface area contributed by atoms with Gasteiger partial charge in [0.1, 0.15) is 6.61 Å². The molecule has 0 amide bonds. The first kappa shape index (κ1) is 19.2. The lowest BCUT2D eigenvalue weighted by Crippen LogP contribution is -2.30. The molecule has 0 bridgehead atoms. The molecule has 25 heavy (non-hydrogen) atoms. The number of hydrogen-bond donors (Lipinski definition) is 2. The van der Waals surface area contributed by atoms with E-state index in [9.17, 15) is 14.7 Å². The van der Waals surface area contributed by atoms with E-state index in [1.807, 2.05) is 30.3 Å². The van der Waals surface area contributed by atoms with Gasteiger partial charge in [0, 0.05) is 25.3 Å². The van der Waals surface area contributed by atoms with Crippen molar-refractivity contribution in [2.24, 2.45) is 0 Å². The number of hydrogen-bond acceptors (Lipinski definition) is 6. The third kappa shape index (κ3) is 4.91. The van der Waals surface area contributed by atoms with Crippen molar-refractivity contribution in [3.63, 3.8) is 0 Å². The molecule has 2 N–H and O–H groups in total. The number of halogens is 1. The minimum atomic E-state index is -1.70. The van der Waals surface area contributed by atoms with Crippen molar-refractivity contribution in [3.05, 3.63) is 63.6 Å². The summed E-state index contributed by atoms with van der Waals surface area (Å²) < 4.78 is 13.4. The molecule has 0 saturated carbocycles. The molecule has 134 valence electrons. The van der Waals surface area contributed by atoms with Crippen molar-refractivity contribution in [2.75, 3.05) is 14.2 Å². The lowest BCUT2D eigenvalue weighted by atomic mass is 10.1. The first-order chi connectivity index (χ1) is 11.9. The van der Waals surface area contributed by atoms with E-state index in [2.05, 4.69) is 25.7 Å². The van der Waals surface area contributed by atoms with Gasteiger partial charge < -0.3 is 24.3 Å². The molecule has 1 aromatic carbocycles. The molecule has 7 nitrogen and oxygen atoms in total. The number of pyridine rings is 1. The van der Waals surface area contributed by atoms with Gasteiger partial charge >= 0.3 is 5.97 Å². The number of rotatable bonds is 7. The number of carbonyl (C=O) groups is 1. The number of methoxy groups -OCH3 is 2. The molecule has 1 heterocycles. The number of H-pyrrole nitrogens is 1. The van der Waals surface area contributed by atoms with Crippen LogP contribution in [0, 0.1) is 0 Å². The zero-order valence-corrected chi connectivity index (χ0v) is 15.3. The molecule has 0 fully saturated rings. The van der Waals surface area contributed by atoms with Gasteiger partial charge in [-0.1, -0.05) is 30.3 Å². The second-order valence-electron chi connectivity index (χ2n) is 5.18. The van der Waals surface area contributed by atoms with Gasteiger partial charge in [-0.2, -0.15) is 0 Å². The minimum absolute atomic E-state index is 0.0947. The summed E-state index contributed by atoms with van der Waals surface area (Å²) >= 11 is 2.96. The molecule has 1 unspecified atom stereocenters. The van der Waals surface area contributed by atoms with Crippen LogP contribution in [0.1, 0.15) is 21.6 Å². The Morgan fingerprint density at radius 1 is 1.28 bits per heavy atom. The van der Waals surface area contributed by atoms with Crippen LogP contribution in [-0.2, 0) is 22.5 Å². The van der Waals surface area contributed by atoms with Crippen LogP contribution in [0.2, 0.25) is 0 Å². The van der Waals surface area contributed by atoms with Gasteiger partial charge in [0.2, 0.25) is 10.1 Å². The van der Waals surface area contributed by atoms with Crippen LogP contribution in [0.15, 0.2) is 41.3 Å². The number of benzene rings is 1. The highest BCUT2D eigenvalue weighted by Gasteiger charge is 2.27. The Kier molecular flexibility index (Phi) is 6.35. The largest absolute Gasteiger partial charge is 0.482 e. The predicted octanol–water partition coefficient (Wildman–Crippen LogP) is 1.97. The van der Waals surface area contributed by atoms with Gasteiger partial charge in [-0.15, -0.1) is 0 Å². The van der Waals surface area contributed by atoms with Crippen LogP contribution in [0.3, 0.4) is 0 Å². The SMILES string of the molecule is COC(=O)c1[nH]cc(CC(O)(Br)OC)c(=O)c1OCc1ccccc1. The lowest BCUT2D eigenvalue weighted by Gasteiger charge is -2.19. The monoisotopic (exact) mass is 411 g/mol. The number of ether oxygens (including phenoxy) is 3. The van der Waals surface area contributed by atoms with Crippen LogP contribution in [0.4, 0.5) is 0 Å². The second-order valence-corrected chi connectivity index (χ2v) is 6.42. The van der Waals surface area contributed by atoms with Crippen LogP contribution in [-0.4, -0.2) is 35.0 Å². The van der Waals surface area contributed by atoms with Crippen molar-refractivity contribution in [2.45, 2.75) is 17.7 Å². The van der Waals surface area contributed by atoms with Crippen molar-refractivity contribution in [3.8, 4) is 5.75 Å². The standard InChI is InChI=1S/C17H18BrNO6/c1-23-16(21)13-15(25-10-11-6-4-3-5-7-11)14(20)12(9-19-13)8-17(18,22)24-2/h3-7,9,22H,8,10H2,1-2H3,(H,19,20). The highest BCUT2D eigenvalue weighted by atomic mass is 79.9. The van der Waals surface area contributed by atoms with Crippen LogP contribution < -0.4 is 10.2 Å². The van der Waals surface area contributed by atoms with Gasteiger partial charge in [-0.25, -0.2) is 4.79 Å². The highest BCUT2D eigenvalue weighted by Crippen LogP contribution is 2.22. The van der Waals surface area contributed by atoms with Gasteiger partial charge in [0.25, 0.3) is 0 Å². The van der Waals surface area contributed by atoms with E-state index in [0.29, 0.717) is 0 Å². The average molecular weight is 412 g/mol. The van der Waals surface area contributed by atoms with Gasteiger partial charge in [0.15, 0.2) is 11.4 Å². The second kappa shape index (κ2) is 8.28. The fraction of sp³-hybridized carbons (Fsp3) is 0.294. The van der Waals surface area contributed by atoms with Gasteiger partial charge in [0.05, 0.1) is 7.11 Å². The van der Waals surface area contributed by atoms with Crippen molar-refractivity contribution >= 4 is 21.9 Å². The summed E-state index contributed by atoms with van der Waals surface area (Å²) in [4.78, 5) is 27.3. The maximum atomic E-state index is 12.7. The van der Waals surface area contributed by atoms with Crippen LogP contribution in [0.25, 0.3) is 0 Å². The van der Waals surface area contributed by atoms with E-state index >= 15 is 0 Å². The van der Waals surface area contributed by atoms with Crippen LogP contribution in [0.5, 0.6) is 5.75 Å². The summed E-state index contributed by atoms with van der Waals surface area (Å²) in [6, 6.07) is 9.20. The third-order valence-corrected chi connectivity index (χ3v) is 4.06. The number of alkyl halides is 1. The van der Waals surface area contributed by atoms with Crippen molar-refractivity contribution in [1.29, 1.82) is 0 Å². The number of nitrogens with one attached hydrogen (secondary N) is 1. The molecule has 0 spiro atoms. The summed E-state index contributed by atoms with van der Waals surface area (Å²) in [5, 5.41) is 9.93. The smallest absolute Gasteiger partial charge is 0.358 e. The number of aliphatic hydroxyl groups is 1. The van der Waals surface area contributed by atoms with E-state index in [-0.39, 0.29) is 30.0 Å². The molecule has 1 atom stereocenters. The Morgan fingerprint density at radius 3 is 2.56 bits per heavy atom. The van der Waals surface area contributed by atoms with E-state index in [4.69, 9.17) is 9.47 Å². The number of aromatic nitrogens is 1. The number of aromatic amines is 1. The average Bonchev–Trinajstić information content (AvgIpc) is 2.62. The normalized spacial score (nSPS) is 13.1. The quantitative estimate of drug-likeness (QED) is 0.410. The van der Waals surface area contributed by atoms with E-state index in [1.54, 1.807) is 0 Å². The molecule has 2 rings (SSSR count). The highest BCUT2D eigenvalue weighted by molar-refractivity contribution is 9.09. The Morgan fingerprint density at radius 2 is 1.96 bits per heavy atom. The van der Waals surface area contributed by atoms with Crippen molar-refractivity contribution < 1.29 is 24.1 Å². The molecule has 8 heteroatoms. The minimum Gasteiger partial charge on any atom is -0.482 e. The topological polar surface area (TPSA) is 97.9 Å². The maximum Gasteiger partial charge on any atom is 0.358 e. The zero-order chi connectivity index (χ0) is 18.4. The maximum absolute atomic E-state index is 12.7. The Labute approximate surface area is 152 Å². The molecule has 0 aliphatic heterocycles. The van der Waals surface area contributed by atoms with Crippen LogP contribution >= 0.6 is 15.9 Å². The first-order valence-corrected chi connectivity index (χ1v) is 8.13. The van der Waals surface area contributed by atoms with Gasteiger partial charge in [-0.05, 0) is 21.5 Å². The fourth-order valence-electron chi connectivity index (χ4n) is 2.11. The Balaban J connectivity index is 2.38. The summed E-state index contributed by atoms with van der Waals surface area (Å²) in [5.74, 6) is -0.903. The van der Waals surface area contributed by atoms with E-state index < -0.39 is 16.1 Å². The summed E-state index contributed by atoms with van der Waals surface area (Å²) in [7, 11) is 2.50. The third-order valence-electron chi connectivity index (χ3n) is 3.45. The molecule has 0 radical (unpaired) electrons. The predicted molar refractivity (Wildman–Crippen MR) is 93.8 cm³/mol. The summed E-state index contributed by atoms with van der Waals surface area (Å²) in [6.07, 6.45) is 1.16. The number of esters is 1. The summed E-state index contributed by atoms with van der Waals surface area (Å²) in [5.41, 5.74) is 0.377. The molecule has 2 aromatic rings. The zero-order valence-electron chi connectivity index (χ0n) is 13.7. The van der Waals surface area contributed by atoms with E-state index in [0.717, 1.165) is 5.56 Å². The molecule has 1 aromatic heterocycles.